The predicted octanol–water partition coefficient (Wildman–Crippen LogP) is 4.07. The minimum absolute atomic E-state index is 0.0523. The van der Waals surface area contributed by atoms with Gasteiger partial charge in [0.05, 0.1) is 5.69 Å². The summed E-state index contributed by atoms with van der Waals surface area (Å²) in [6.07, 6.45) is 0. The third kappa shape index (κ3) is 2.21. The van der Waals surface area contributed by atoms with Crippen LogP contribution in [0.15, 0.2) is 29.3 Å². The Labute approximate surface area is 139 Å². The zero-order chi connectivity index (χ0) is 16.8. The second kappa shape index (κ2) is 5.56. The average Bonchev–Trinajstić information content (AvgIpc) is 3.00. The fraction of sp³-hybridized carbons (Fsp3) is 0.556. The van der Waals surface area contributed by atoms with Gasteiger partial charge in [-0.3, -0.25) is 14.7 Å². The fourth-order valence-electron chi connectivity index (χ4n) is 3.85. The van der Waals surface area contributed by atoms with E-state index in [9.17, 15) is 4.79 Å². The molecule has 1 aromatic carbocycles. The third-order valence-corrected chi connectivity index (χ3v) is 10.3. The largest absolute Gasteiger partial charge is 0.401 e. The van der Waals surface area contributed by atoms with E-state index in [1.807, 2.05) is 25.1 Å². The number of rotatable bonds is 5. The molecule has 0 N–H and O–H groups in total. The molecule has 2 aliphatic heterocycles. The maximum atomic E-state index is 12.6. The maximum Gasteiger partial charge on any atom is 0.257 e. The molecule has 0 aliphatic carbocycles. The lowest BCUT2D eigenvalue weighted by Gasteiger charge is -2.38. The molecule has 1 aromatic rings. The van der Waals surface area contributed by atoms with Crippen molar-refractivity contribution in [1.82, 2.24) is 0 Å². The number of amides is 1. The van der Waals surface area contributed by atoms with Crippen LogP contribution in [-0.2, 0) is 14.8 Å². The quantitative estimate of drug-likeness (QED) is 0.764. The first-order chi connectivity index (χ1) is 10.9. The first kappa shape index (κ1) is 16.4. The van der Waals surface area contributed by atoms with Crippen LogP contribution in [0.1, 0.15) is 40.2 Å². The van der Waals surface area contributed by atoms with Gasteiger partial charge in [-0.2, -0.15) is 0 Å². The summed E-state index contributed by atoms with van der Waals surface area (Å²) in [5, 5.41) is 0. The number of benzene rings is 1. The zero-order valence-corrected chi connectivity index (χ0v) is 15.7. The van der Waals surface area contributed by atoms with Gasteiger partial charge < -0.3 is 4.43 Å². The lowest BCUT2D eigenvalue weighted by molar-refractivity contribution is -0.117. The molecular formula is C18H26N2O2Si. The second-order valence-corrected chi connectivity index (χ2v) is 11.4. The van der Waals surface area contributed by atoms with Gasteiger partial charge in [0, 0.05) is 5.56 Å². The minimum Gasteiger partial charge on any atom is -0.401 e. The Bertz CT molecular complexity index is 660. The van der Waals surface area contributed by atoms with Crippen molar-refractivity contribution in [2.24, 2.45) is 4.99 Å². The van der Waals surface area contributed by atoms with Crippen molar-refractivity contribution in [3.63, 3.8) is 0 Å². The summed E-state index contributed by atoms with van der Waals surface area (Å²) in [6.45, 7) is 10.6. The molecule has 23 heavy (non-hydrogen) atoms. The van der Waals surface area contributed by atoms with Gasteiger partial charge in [0.2, 0.25) is 0 Å². The summed E-state index contributed by atoms with van der Waals surface area (Å²) in [7, 11) is -1.85. The Morgan fingerprint density at radius 2 is 1.83 bits per heavy atom. The van der Waals surface area contributed by atoms with E-state index >= 15 is 0 Å². The highest BCUT2D eigenvalue weighted by molar-refractivity contribution is 6.73. The van der Waals surface area contributed by atoms with E-state index in [4.69, 9.17) is 4.43 Å². The first-order valence-electron chi connectivity index (χ1n) is 8.64. The van der Waals surface area contributed by atoms with Crippen LogP contribution in [0.2, 0.25) is 18.1 Å². The van der Waals surface area contributed by atoms with Crippen molar-refractivity contribution in [3.8, 4) is 0 Å². The van der Waals surface area contributed by atoms with Gasteiger partial charge in [0.1, 0.15) is 17.5 Å². The van der Waals surface area contributed by atoms with Crippen LogP contribution in [-0.4, -0.2) is 26.1 Å². The molecule has 0 radical (unpaired) electrons. The van der Waals surface area contributed by atoms with Crippen molar-refractivity contribution in [3.05, 3.63) is 29.8 Å². The SMILES string of the molecule is CC[Si](CC)(CC)O[C@@]1(C)C2=N[C@H](C)C(=O)N2c2ccccc21. The molecule has 0 aromatic heterocycles. The molecule has 2 atom stereocenters. The number of carbonyl (C=O) groups excluding carboxylic acids is 1. The van der Waals surface area contributed by atoms with Crippen molar-refractivity contribution in [1.29, 1.82) is 0 Å². The number of para-hydroxylation sites is 1. The van der Waals surface area contributed by atoms with E-state index in [0.717, 1.165) is 35.2 Å². The summed E-state index contributed by atoms with van der Waals surface area (Å²) < 4.78 is 6.89. The van der Waals surface area contributed by atoms with Gasteiger partial charge in [-0.05, 0) is 38.0 Å². The van der Waals surface area contributed by atoms with Gasteiger partial charge in [0.15, 0.2) is 8.32 Å². The number of nitrogens with zero attached hydrogens (tertiary/aromatic N) is 2. The van der Waals surface area contributed by atoms with Gasteiger partial charge in [-0.15, -0.1) is 0 Å². The van der Waals surface area contributed by atoms with E-state index in [1.165, 1.54) is 0 Å². The van der Waals surface area contributed by atoms with Crippen molar-refractivity contribution >= 4 is 25.7 Å². The Morgan fingerprint density at radius 3 is 2.43 bits per heavy atom. The monoisotopic (exact) mass is 330 g/mol. The second-order valence-electron chi connectivity index (χ2n) is 6.70. The Morgan fingerprint density at radius 1 is 1.22 bits per heavy atom. The number of anilines is 1. The van der Waals surface area contributed by atoms with Gasteiger partial charge in [-0.25, -0.2) is 0 Å². The summed E-state index contributed by atoms with van der Waals surface area (Å²) in [5.41, 5.74) is 1.41. The maximum absolute atomic E-state index is 12.6. The van der Waals surface area contributed by atoms with Crippen LogP contribution in [0.25, 0.3) is 0 Å². The highest BCUT2D eigenvalue weighted by Gasteiger charge is 2.55. The number of hydrogen-bond donors (Lipinski definition) is 0. The fourth-order valence-corrected chi connectivity index (χ4v) is 6.85. The predicted molar refractivity (Wildman–Crippen MR) is 96.5 cm³/mol. The van der Waals surface area contributed by atoms with Gasteiger partial charge in [-0.1, -0.05) is 39.0 Å². The van der Waals surface area contributed by atoms with Crippen LogP contribution in [0.4, 0.5) is 5.69 Å². The molecule has 0 saturated carbocycles. The van der Waals surface area contributed by atoms with E-state index in [2.05, 4.69) is 38.8 Å². The standard InChI is InChI=1S/C18H26N2O2Si/c1-6-23(7-2,8-3)22-18(5)14-11-9-10-12-15(14)20-16(21)13(4)19-17(18)20/h9-13H,6-8H2,1-5H3/t13-,18-/m1/s1. The highest BCUT2D eigenvalue weighted by Crippen LogP contribution is 2.48. The number of aliphatic imine (C=N–C) groups is 1. The van der Waals surface area contributed by atoms with E-state index < -0.39 is 13.9 Å². The molecule has 0 fully saturated rings. The van der Waals surface area contributed by atoms with E-state index in [0.29, 0.717) is 0 Å². The molecule has 0 spiro atoms. The first-order valence-corrected chi connectivity index (χ1v) is 11.2. The summed E-state index contributed by atoms with van der Waals surface area (Å²) in [4.78, 5) is 19.0. The zero-order valence-electron chi connectivity index (χ0n) is 14.7. The summed E-state index contributed by atoms with van der Waals surface area (Å²) in [6, 6.07) is 11.0. The Kier molecular flexibility index (Phi) is 3.97. The highest BCUT2D eigenvalue weighted by atomic mass is 28.4. The molecular weight excluding hydrogens is 304 g/mol. The molecule has 4 nitrogen and oxygen atoms in total. The van der Waals surface area contributed by atoms with Crippen molar-refractivity contribution < 1.29 is 9.22 Å². The summed E-state index contributed by atoms with van der Waals surface area (Å²) in [5.74, 6) is 0.833. The molecule has 5 heteroatoms. The average molecular weight is 331 g/mol. The van der Waals surface area contributed by atoms with Crippen LogP contribution in [0.5, 0.6) is 0 Å². The van der Waals surface area contributed by atoms with Gasteiger partial charge in [0.25, 0.3) is 5.91 Å². The van der Waals surface area contributed by atoms with Crippen molar-refractivity contribution in [2.75, 3.05) is 4.90 Å². The molecule has 124 valence electrons. The Balaban J connectivity index is 2.14. The number of amidine groups is 1. The molecule has 0 unspecified atom stereocenters. The number of hydrogen-bond acceptors (Lipinski definition) is 3. The molecule has 0 saturated heterocycles. The lowest BCUT2D eigenvalue weighted by atomic mass is 9.97. The molecule has 1 amide bonds. The van der Waals surface area contributed by atoms with Gasteiger partial charge >= 0.3 is 0 Å². The smallest absolute Gasteiger partial charge is 0.257 e. The topological polar surface area (TPSA) is 41.9 Å². The van der Waals surface area contributed by atoms with E-state index in [-0.39, 0.29) is 11.9 Å². The van der Waals surface area contributed by atoms with E-state index in [1.54, 1.807) is 4.90 Å². The normalized spacial score (nSPS) is 26.3. The molecule has 2 aliphatic rings. The Hall–Kier alpha value is -1.46. The lowest BCUT2D eigenvalue weighted by Crippen LogP contribution is -2.49. The molecule has 3 rings (SSSR count). The minimum atomic E-state index is -1.85. The molecule has 0 bridgehead atoms. The van der Waals surface area contributed by atoms with Crippen LogP contribution >= 0.6 is 0 Å². The number of carbonyl (C=O) groups is 1. The molecule has 2 heterocycles. The van der Waals surface area contributed by atoms with Crippen molar-refractivity contribution in [2.45, 2.75) is 64.4 Å². The van der Waals surface area contributed by atoms with Crippen LogP contribution < -0.4 is 4.90 Å². The van der Waals surface area contributed by atoms with Crippen LogP contribution in [0, 0.1) is 0 Å². The van der Waals surface area contributed by atoms with Crippen LogP contribution in [0.3, 0.4) is 0 Å². The third-order valence-electron chi connectivity index (χ3n) is 5.54. The summed E-state index contributed by atoms with van der Waals surface area (Å²) >= 11 is 0. The number of fused-ring (bicyclic) bond motifs is 3.